The third kappa shape index (κ3) is 3.79. The molecule has 1 N–H and O–H groups in total. The zero-order valence-electron chi connectivity index (χ0n) is 9.81. The molecule has 92 valence electrons. The van der Waals surface area contributed by atoms with Crippen molar-refractivity contribution < 1.29 is 14.6 Å². The van der Waals surface area contributed by atoms with Crippen molar-refractivity contribution in [2.45, 2.75) is 12.8 Å². The van der Waals surface area contributed by atoms with Crippen LogP contribution in [0.25, 0.3) is 0 Å². The summed E-state index contributed by atoms with van der Waals surface area (Å²) in [6.07, 6.45) is 1.66. The molecule has 4 heteroatoms. The SMILES string of the molecule is COc1ccc([C@H](/C=C(\C)CCl)C(=O)O)cc1. The van der Waals surface area contributed by atoms with Crippen molar-refractivity contribution in [1.82, 2.24) is 0 Å². The molecule has 1 rings (SSSR count). The van der Waals surface area contributed by atoms with Gasteiger partial charge in [0.15, 0.2) is 0 Å². The third-order valence-electron chi connectivity index (χ3n) is 2.40. The van der Waals surface area contributed by atoms with E-state index >= 15 is 0 Å². The molecule has 0 unspecified atom stereocenters. The molecule has 0 radical (unpaired) electrons. The lowest BCUT2D eigenvalue weighted by Gasteiger charge is -2.10. The molecule has 0 bridgehead atoms. The lowest BCUT2D eigenvalue weighted by atomic mass is 9.97. The number of allylic oxidation sites excluding steroid dienone is 1. The first-order chi connectivity index (χ1) is 8.08. The van der Waals surface area contributed by atoms with E-state index in [0.717, 1.165) is 5.57 Å². The van der Waals surface area contributed by atoms with Gasteiger partial charge >= 0.3 is 5.97 Å². The maximum absolute atomic E-state index is 11.2. The topological polar surface area (TPSA) is 46.5 Å². The van der Waals surface area contributed by atoms with E-state index in [1.54, 1.807) is 37.5 Å². The smallest absolute Gasteiger partial charge is 0.314 e. The van der Waals surface area contributed by atoms with Crippen molar-refractivity contribution in [3.8, 4) is 5.75 Å². The van der Waals surface area contributed by atoms with Crippen LogP contribution in [0.2, 0.25) is 0 Å². The number of alkyl halides is 1. The summed E-state index contributed by atoms with van der Waals surface area (Å²) in [5, 5.41) is 9.18. The van der Waals surface area contributed by atoms with Crippen LogP contribution in [0.4, 0.5) is 0 Å². The maximum Gasteiger partial charge on any atom is 0.314 e. The van der Waals surface area contributed by atoms with Gasteiger partial charge in [0.1, 0.15) is 11.7 Å². The van der Waals surface area contributed by atoms with Crippen molar-refractivity contribution in [3.05, 3.63) is 41.5 Å². The van der Waals surface area contributed by atoms with Gasteiger partial charge in [-0.15, -0.1) is 11.6 Å². The first-order valence-electron chi connectivity index (χ1n) is 5.18. The van der Waals surface area contributed by atoms with Gasteiger partial charge in [0.05, 0.1) is 7.11 Å². The number of benzene rings is 1. The Morgan fingerprint density at radius 3 is 2.47 bits per heavy atom. The maximum atomic E-state index is 11.2. The summed E-state index contributed by atoms with van der Waals surface area (Å²) in [5.41, 5.74) is 1.55. The summed E-state index contributed by atoms with van der Waals surface area (Å²) < 4.78 is 5.03. The lowest BCUT2D eigenvalue weighted by Crippen LogP contribution is -2.09. The van der Waals surface area contributed by atoms with Crippen molar-refractivity contribution >= 4 is 17.6 Å². The van der Waals surface area contributed by atoms with Crippen LogP contribution >= 0.6 is 11.6 Å². The normalized spacial score (nSPS) is 13.2. The van der Waals surface area contributed by atoms with Gasteiger partial charge in [0, 0.05) is 5.88 Å². The fourth-order valence-corrected chi connectivity index (χ4v) is 1.54. The number of carbonyl (C=O) groups is 1. The quantitative estimate of drug-likeness (QED) is 0.649. The summed E-state index contributed by atoms with van der Waals surface area (Å²) in [5.74, 6) is -0.518. The minimum absolute atomic E-state index is 0.333. The number of hydrogen-bond donors (Lipinski definition) is 1. The number of ether oxygens (including phenoxy) is 1. The molecule has 17 heavy (non-hydrogen) atoms. The van der Waals surface area contributed by atoms with Crippen LogP contribution in [0.5, 0.6) is 5.75 Å². The van der Waals surface area contributed by atoms with Crippen LogP contribution in [0, 0.1) is 0 Å². The number of carboxylic acid groups (broad SMARTS) is 1. The van der Waals surface area contributed by atoms with Crippen LogP contribution in [0.3, 0.4) is 0 Å². The molecule has 0 amide bonds. The van der Waals surface area contributed by atoms with E-state index in [9.17, 15) is 9.90 Å². The lowest BCUT2D eigenvalue weighted by molar-refractivity contribution is -0.137. The van der Waals surface area contributed by atoms with Crippen LogP contribution < -0.4 is 4.74 Å². The fourth-order valence-electron chi connectivity index (χ4n) is 1.45. The second-order valence-corrected chi connectivity index (χ2v) is 4.00. The monoisotopic (exact) mass is 254 g/mol. The number of hydrogen-bond acceptors (Lipinski definition) is 2. The summed E-state index contributed by atoms with van der Waals surface area (Å²) in [4.78, 5) is 11.2. The second-order valence-electron chi connectivity index (χ2n) is 3.74. The molecule has 0 aliphatic heterocycles. The molecule has 0 saturated heterocycles. The van der Waals surface area contributed by atoms with E-state index < -0.39 is 11.9 Å². The number of halogens is 1. The molecule has 0 saturated carbocycles. The number of methoxy groups -OCH3 is 1. The molecule has 0 heterocycles. The fraction of sp³-hybridized carbons (Fsp3) is 0.308. The van der Waals surface area contributed by atoms with Crippen LogP contribution in [0.1, 0.15) is 18.4 Å². The summed E-state index contributed by atoms with van der Waals surface area (Å²) >= 11 is 5.65. The molecule has 3 nitrogen and oxygen atoms in total. The number of rotatable bonds is 5. The Labute approximate surface area is 106 Å². The van der Waals surface area contributed by atoms with Crippen LogP contribution in [-0.4, -0.2) is 24.1 Å². The van der Waals surface area contributed by atoms with E-state index in [-0.39, 0.29) is 0 Å². The molecule has 0 aliphatic carbocycles. The van der Waals surface area contributed by atoms with E-state index in [1.165, 1.54) is 0 Å². The van der Waals surface area contributed by atoms with E-state index in [0.29, 0.717) is 17.2 Å². The van der Waals surface area contributed by atoms with Crippen molar-refractivity contribution in [2.24, 2.45) is 0 Å². The predicted octanol–water partition coefficient (Wildman–Crippen LogP) is 3.05. The van der Waals surface area contributed by atoms with Gasteiger partial charge < -0.3 is 9.84 Å². The minimum Gasteiger partial charge on any atom is -0.497 e. The Bertz CT molecular complexity index is 409. The standard InChI is InChI=1S/C13H15ClO3/c1-9(8-14)7-12(13(15)16)10-3-5-11(17-2)6-4-10/h3-7,12H,8H2,1-2H3,(H,15,16)/b9-7+/t12-/m0/s1. The largest absolute Gasteiger partial charge is 0.497 e. The van der Waals surface area contributed by atoms with E-state index in [4.69, 9.17) is 16.3 Å². The molecule has 0 aliphatic rings. The summed E-state index contributed by atoms with van der Waals surface area (Å²) in [6.45, 7) is 1.81. The van der Waals surface area contributed by atoms with Gasteiger partial charge in [-0.1, -0.05) is 23.8 Å². The van der Waals surface area contributed by atoms with Gasteiger partial charge in [-0.3, -0.25) is 4.79 Å². The Morgan fingerprint density at radius 1 is 1.47 bits per heavy atom. The number of aliphatic carboxylic acids is 1. The average Bonchev–Trinajstić information content (AvgIpc) is 2.35. The van der Waals surface area contributed by atoms with Crippen molar-refractivity contribution in [1.29, 1.82) is 0 Å². The zero-order valence-corrected chi connectivity index (χ0v) is 10.6. The van der Waals surface area contributed by atoms with Gasteiger partial charge in [-0.25, -0.2) is 0 Å². The van der Waals surface area contributed by atoms with Crippen molar-refractivity contribution in [2.75, 3.05) is 13.0 Å². The molecule has 1 aromatic carbocycles. The molecule has 0 spiro atoms. The van der Waals surface area contributed by atoms with Gasteiger partial charge in [0.25, 0.3) is 0 Å². The van der Waals surface area contributed by atoms with E-state index in [1.807, 2.05) is 6.92 Å². The highest BCUT2D eigenvalue weighted by Gasteiger charge is 2.17. The van der Waals surface area contributed by atoms with E-state index in [2.05, 4.69) is 0 Å². The molecular formula is C13H15ClO3. The zero-order chi connectivity index (χ0) is 12.8. The first kappa shape index (κ1) is 13.6. The highest BCUT2D eigenvalue weighted by molar-refractivity contribution is 6.19. The molecule has 0 fully saturated rings. The molecular weight excluding hydrogens is 240 g/mol. The first-order valence-corrected chi connectivity index (χ1v) is 5.72. The Balaban J connectivity index is 3.01. The summed E-state index contributed by atoms with van der Waals surface area (Å²) in [7, 11) is 1.57. The summed E-state index contributed by atoms with van der Waals surface area (Å²) in [6, 6.07) is 6.98. The highest BCUT2D eigenvalue weighted by atomic mass is 35.5. The van der Waals surface area contributed by atoms with Crippen LogP contribution in [-0.2, 0) is 4.79 Å². The molecule has 0 aromatic heterocycles. The van der Waals surface area contributed by atoms with Crippen LogP contribution in [0.15, 0.2) is 35.9 Å². The second kappa shape index (κ2) is 6.30. The minimum atomic E-state index is -0.889. The average molecular weight is 255 g/mol. The number of carboxylic acids is 1. The molecule has 1 aromatic rings. The third-order valence-corrected chi connectivity index (χ3v) is 2.82. The van der Waals surface area contributed by atoms with Crippen molar-refractivity contribution in [3.63, 3.8) is 0 Å². The Kier molecular flexibility index (Phi) is 5.04. The molecule has 1 atom stereocenters. The van der Waals surface area contributed by atoms with Gasteiger partial charge in [-0.05, 0) is 24.6 Å². The Morgan fingerprint density at radius 2 is 2.06 bits per heavy atom. The predicted molar refractivity (Wildman–Crippen MR) is 67.8 cm³/mol. The van der Waals surface area contributed by atoms with Gasteiger partial charge in [0.2, 0.25) is 0 Å². The highest BCUT2D eigenvalue weighted by Crippen LogP contribution is 2.22. The Hall–Kier alpha value is -1.48. The van der Waals surface area contributed by atoms with Gasteiger partial charge in [-0.2, -0.15) is 0 Å².